The number of nitrogens with zero attached hydrogens (tertiary/aromatic N) is 4. The molecule has 0 bridgehead atoms. The first-order valence-electron chi connectivity index (χ1n) is 14.4. The molecule has 1 aromatic heterocycles. The molecule has 236 valence electrons. The fourth-order valence-corrected chi connectivity index (χ4v) is 5.67. The number of benzene rings is 2. The van der Waals surface area contributed by atoms with Crippen molar-refractivity contribution in [1.82, 2.24) is 15.2 Å². The molecule has 0 radical (unpaired) electrons. The first kappa shape index (κ1) is 30.0. The number of nitrogens with one attached hydrogen (secondary N) is 2. The number of carboxylic acids is 1. The number of aromatic nitrogens is 1. The van der Waals surface area contributed by atoms with Gasteiger partial charge in [0.2, 0.25) is 11.3 Å². The number of cyclic esters (lactones) is 1. The molecule has 3 fully saturated rings. The Kier molecular flexibility index (Phi) is 7.87. The lowest BCUT2D eigenvalue weighted by molar-refractivity contribution is -0.123. The molecule has 15 heteroatoms. The number of anilines is 3. The average molecular weight is 625 g/mol. The Morgan fingerprint density at radius 1 is 1.13 bits per heavy atom. The Labute approximate surface area is 254 Å². The molecule has 0 spiro atoms. The minimum atomic E-state index is -1.39. The van der Waals surface area contributed by atoms with Gasteiger partial charge in [-0.1, -0.05) is 4.48 Å². The van der Waals surface area contributed by atoms with Crippen LogP contribution in [0, 0.1) is 5.82 Å². The molecule has 13 nitrogen and oxygen atoms in total. The lowest BCUT2D eigenvalue weighted by Crippen LogP contribution is -2.57. The predicted molar refractivity (Wildman–Crippen MR) is 159 cm³/mol. The van der Waals surface area contributed by atoms with Gasteiger partial charge in [-0.3, -0.25) is 19.3 Å². The van der Waals surface area contributed by atoms with Crippen LogP contribution in [-0.2, 0) is 14.3 Å². The quantitative estimate of drug-likeness (QED) is 0.321. The molecule has 2 saturated heterocycles. The molecule has 1 aliphatic carbocycles. The number of ether oxygens (including phenoxy) is 1. The molecule has 2 atom stereocenters. The van der Waals surface area contributed by atoms with Gasteiger partial charge in [0.25, 0.3) is 5.91 Å². The Bertz CT molecular complexity index is 1760. The van der Waals surface area contributed by atoms with Gasteiger partial charge in [-0.15, -0.1) is 5.12 Å². The number of aromatic carboxylic acids is 1. The highest BCUT2D eigenvalue weighted by atomic mass is 19.2. The molecule has 3 amide bonds. The lowest BCUT2D eigenvalue weighted by atomic mass is 10.1. The zero-order valence-corrected chi connectivity index (χ0v) is 24.2. The highest BCUT2D eigenvalue weighted by molar-refractivity contribution is 5.97. The maximum absolute atomic E-state index is 15.4. The van der Waals surface area contributed by atoms with Crippen molar-refractivity contribution in [2.75, 3.05) is 47.6 Å². The Morgan fingerprint density at radius 3 is 2.53 bits per heavy atom. The maximum atomic E-state index is 15.4. The molecule has 6 rings (SSSR count). The van der Waals surface area contributed by atoms with Gasteiger partial charge in [0.15, 0.2) is 0 Å². The topological polar surface area (TPSA) is 154 Å². The lowest BCUT2D eigenvalue weighted by Gasteiger charge is -2.35. The molecule has 3 N–H and O–H groups in total. The molecule has 1 saturated carbocycles. The van der Waals surface area contributed by atoms with Crippen molar-refractivity contribution in [1.29, 1.82) is 0 Å². The summed E-state index contributed by atoms with van der Waals surface area (Å²) in [6, 6.07) is 7.09. The van der Waals surface area contributed by atoms with Crippen LogP contribution in [0.1, 0.15) is 36.2 Å². The van der Waals surface area contributed by atoms with Crippen molar-refractivity contribution in [2.24, 2.45) is 0 Å². The molecule has 3 aromatic rings. The molecule has 3 heterocycles. The summed E-state index contributed by atoms with van der Waals surface area (Å²) in [5.41, 5.74) is -0.368. The number of halogens is 2. The average Bonchev–Trinajstić information content (AvgIpc) is 3.80. The maximum Gasteiger partial charge on any atom is 0.414 e. The predicted octanol–water partition coefficient (Wildman–Crippen LogP) is 2.33. The van der Waals surface area contributed by atoms with E-state index >= 15 is 8.87 Å². The van der Waals surface area contributed by atoms with E-state index in [1.54, 1.807) is 9.47 Å². The standard InChI is InChI=1S/C30H30F2N6O7/c1-16(39)34-12-20-13-37(30(44)45-20)18-4-6-19(7-5-18)38(32)28(41)24-15-35(9-8-33-24)26-11-25-21(10-23(26)31)27(40)22(29(42)43)14-36(25)17-2-3-17/h4-7,10-11,14,17,20,24,33H,2-3,8-9,12-13,15H2,1H3,(H,34,39)(H,42,43)/t20-,24+/m0/s1. The highest BCUT2D eigenvalue weighted by Crippen LogP contribution is 2.38. The van der Waals surface area contributed by atoms with Crippen LogP contribution in [0.4, 0.5) is 30.7 Å². The van der Waals surface area contributed by atoms with Crippen molar-refractivity contribution in [3.63, 3.8) is 0 Å². The second-order valence-electron chi connectivity index (χ2n) is 11.3. The van der Waals surface area contributed by atoms with Crippen LogP contribution < -0.4 is 31.0 Å². The van der Waals surface area contributed by atoms with E-state index in [9.17, 15) is 29.1 Å². The van der Waals surface area contributed by atoms with E-state index in [1.807, 2.05) is 0 Å². The summed E-state index contributed by atoms with van der Waals surface area (Å²) in [6.45, 7) is 2.15. The van der Waals surface area contributed by atoms with Crippen molar-refractivity contribution < 1.29 is 37.9 Å². The van der Waals surface area contributed by atoms with Crippen molar-refractivity contribution in [3.8, 4) is 0 Å². The summed E-state index contributed by atoms with van der Waals surface area (Å²) >= 11 is 0. The fourth-order valence-electron chi connectivity index (χ4n) is 5.67. The number of carbonyl (C=O) groups excluding carboxylic acids is 3. The summed E-state index contributed by atoms with van der Waals surface area (Å²) in [7, 11) is 0. The van der Waals surface area contributed by atoms with Crippen LogP contribution in [-0.4, -0.2) is 78.4 Å². The number of pyridine rings is 1. The summed E-state index contributed by atoms with van der Waals surface area (Å²) < 4.78 is 37.7. The molecule has 45 heavy (non-hydrogen) atoms. The third-order valence-electron chi connectivity index (χ3n) is 8.12. The van der Waals surface area contributed by atoms with E-state index in [1.165, 1.54) is 48.4 Å². The molecule has 2 aliphatic heterocycles. The number of hydrogen-bond acceptors (Lipinski definition) is 8. The van der Waals surface area contributed by atoms with Crippen molar-refractivity contribution in [3.05, 3.63) is 64.2 Å². The number of amides is 3. The van der Waals surface area contributed by atoms with Gasteiger partial charge in [-0.2, -0.15) is 0 Å². The van der Waals surface area contributed by atoms with E-state index in [0.717, 1.165) is 18.9 Å². The number of carbonyl (C=O) groups is 4. The van der Waals surface area contributed by atoms with Crippen molar-refractivity contribution in [2.45, 2.75) is 38.0 Å². The van der Waals surface area contributed by atoms with Crippen LogP contribution in [0.5, 0.6) is 0 Å². The van der Waals surface area contributed by atoms with Gasteiger partial charge in [0.05, 0.1) is 30.0 Å². The largest absolute Gasteiger partial charge is 0.477 e. The van der Waals surface area contributed by atoms with Crippen LogP contribution >= 0.6 is 0 Å². The fraction of sp³-hybridized carbons (Fsp3) is 0.367. The number of fused-ring (bicyclic) bond motifs is 1. The summed E-state index contributed by atoms with van der Waals surface area (Å²) in [6.07, 6.45) is 1.72. The number of rotatable bonds is 8. The van der Waals surface area contributed by atoms with E-state index < -0.39 is 46.9 Å². The Morgan fingerprint density at radius 2 is 1.87 bits per heavy atom. The van der Waals surface area contributed by atoms with Gasteiger partial charge < -0.3 is 29.9 Å². The molecular weight excluding hydrogens is 594 g/mol. The number of carboxylic acid groups (broad SMARTS) is 1. The second-order valence-corrected chi connectivity index (χ2v) is 11.3. The molecule has 0 unspecified atom stereocenters. The summed E-state index contributed by atoms with van der Waals surface area (Å²) in [5, 5.41) is 15.0. The minimum Gasteiger partial charge on any atom is -0.477 e. The second kappa shape index (κ2) is 11.8. The van der Waals surface area contributed by atoms with Crippen molar-refractivity contribution >= 4 is 51.8 Å². The monoisotopic (exact) mass is 624 g/mol. The molecule has 2 aromatic carbocycles. The van der Waals surface area contributed by atoms with Gasteiger partial charge in [-0.25, -0.2) is 14.0 Å². The molecule has 3 aliphatic rings. The van der Waals surface area contributed by atoms with Gasteiger partial charge in [0.1, 0.15) is 23.5 Å². The van der Waals surface area contributed by atoms with Crippen LogP contribution in [0.25, 0.3) is 10.9 Å². The third kappa shape index (κ3) is 5.90. The van der Waals surface area contributed by atoms with Crippen LogP contribution in [0.3, 0.4) is 0 Å². The Balaban J connectivity index is 1.17. The molecular formula is C30H30F2N6O7. The van der Waals surface area contributed by atoms with Crippen LogP contribution in [0.2, 0.25) is 0 Å². The van der Waals surface area contributed by atoms with E-state index in [0.29, 0.717) is 17.7 Å². The van der Waals surface area contributed by atoms with Gasteiger partial charge in [-0.05, 0) is 49.2 Å². The smallest absolute Gasteiger partial charge is 0.414 e. The third-order valence-corrected chi connectivity index (χ3v) is 8.12. The summed E-state index contributed by atoms with van der Waals surface area (Å²) in [5.74, 6) is -3.31. The Hall–Kier alpha value is -5.05. The SMILES string of the molecule is CC(=O)NC[C@H]1CN(c2ccc(N(F)C(=O)[C@H]3CN(c4cc5c(cc4F)c(=O)c(C(=O)O)cn5C4CC4)CCN3)cc2)C(=O)O1. The van der Waals surface area contributed by atoms with Gasteiger partial charge in [0, 0.05) is 49.9 Å². The summed E-state index contributed by atoms with van der Waals surface area (Å²) in [4.78, 5) is 64.0. The van der Waals surface area contributed by atoms with Crippen LogP contribution in [0.15, 0.2) is 47.4 Å². The highest BCUT2D eigenvalue weighted by Gasteiger charge is 2.35. The minimum absolute atomic E-state index is 0.00498. The number of piperazine rings is 1. The zero-order chi connectivity index (χ0) is 32.0. The normalized spacial score (nSPS) is 19.8. The van der Waals surface area contributed by atoms with E-state index in [-0.39, 0.29) is 60.0 Å². The first-order valence-corrected chi connectivity index (χ1v) is 14.4. The first-order chi connectivity index (χ1) is 21.5. The number of hydrogen-bond donors (Lipinski definition) is 3. The zero-order valence-electron chi connectivity index (χ0n) is 24.2. The van der Waals surface area contributed by atoms with Gasteiger partial charge >= 0.3 is 12.1 Å². The van der Waals surface area contributed by atoms with E-state index in [2.05, 4.69) is 10.6 Å². The van der Waals surface area contributed by atoms with E-state index in [4.69, 9.17) is 4.74 Å².